The summed E-state index contributed by atoms with van der Waals surface area (Å²) in [5.74, 6) is -0.611. The van der Waals surface area contributed by atoms with Gasteiger partial charge in [-0.05, 0) is 77.7 Å². The van der Waals surface area contributed by atoms with E-state index in [1.807, 2.05) is 20.8 Å². The van der Waals surface area contributed by atoms with Crippen LogP contribution >= 0.6 is 0 Å². The van der Waals surface area contributed by atoms with Gasteiger partial charge in [-0.25, -0.2) is 4.79 Å². The molecule has 14 atom stereocenters. The fourth-order valence-corrected chi connectivity index (χ4v) is 9.51. The molecule has 1 spiro atoms. The van der Waals surface area contributed by atoms with Gasteiger partial charge in [-0.15, -0.1) is 0 Å². The van der Waals surface area contributed by atoms with Crippen molar-refractivity contribution < 1.29 is 33.6 Å². The largest absolute Gasteiger partial charge is 0.457 e. The minimum absolute atomic E-state index is 0.0213. The van der Waals surface area contributed by atoms with Gasteiger partial charge in [0.1, 0.15) is 17.5 Å². The summed E-state index contributed by atoms with van der Waals surface area (Å²) in [6.45, 7) is 6.84. The van der Waals surface area contributed by atoms with E-state index in [0.29, 0.717) is 18.8 Å². The van der Waals surface area contributed by atoms with Crippen molar-refractivity contribution in [3.8, 4) is 0 Å². The van der Waals surface area contributed by atoms with Crippen molar-refractivity contribution in [3.63, 3.8) is 0 Å². The topological polar surface area (TPSA) is 133 Å². The number of Topliss-reactive ketones (excluding diaryl/α,β-unsaturated/α-hetero) is 1. The fraction of sp³-hybridized carbons (Fsp3) is 0.871. The fourth-order valence-electron chi connectivity index (χ4n) is 9.51. The predicted molar refractivity (Wildman–Crippen MR) is 145 cm³/mol. The molecule has 4 N–H and O–H groups in total. The van der Waals surface area contributed by atoms with E-state index >= 15 is 0 Å². The molecule has 8 aliphatic rings. The van der Waals surface area contributed by atoms with Crippen LogP contribution in [-0.2, 0) is 28.5 Å². The maximum Gasteiger partial charge on any atom is 0.342 e. The summed E-state index contributed by atoms with van der Waals surface area (Å²) in [6.07, 6.45) is 8.57. The SMILES string of the molecule is CC1CC(=O)C2C(CC3OC(C)(C)[C@@H]4OC(=O)[C@@]5(O[C@@H]5CCC5CCNC(N)C5)[C@@H]5C=C[C@H](CC5)[C@H]4C3C2O)O1. The van der Waals surface area contributed by atoms with Gasteiger partial charge >= 0.3 is 5.97 Å². The Hall–Kier alpha value is -1.36. The highest BCUT2D eigenvalue weighted by Crippen LogP contribution is 2.57. The van der Waals surface area contributed by atoms with Gasteiger partial charge in [0.15, 0.2) is 5.60 Å². The number of nitrogens with one attached hydrogen (secondary N) is 1. The summed E-state index contributed by atoms with van der Waals surface area (Å²) >= 11 is 0. The summed E-state index contributed by atoms with van der Waals surface area (Å²) in [5, 5.41) is 15.1. The molecule has 2 aliphatic carbocycles. The summed E-state index contributed by atoms with van der Waals surface area (Å²) in [7, 11) is 0. The molecule has 9 nitrogen and oxygen atoms in total. The third kappa shape index (κ3) is 4.33. The Morgan fingerprint density at radius 1 is 1.05 bits per heavy atom. The number of aliphatic hydroxyl groups is 1. The summed E-state index contributed by atoms with van der Waals surface area (Å²) < 4.78 is 25.7. The van der Waals surface area contributed by atoms with E-state index in [-0.39, 0.29) is 66.0 Å². The molecule has 8 rings (SSSR count). The Morgan fingerprint density at radius 3 is 2.62 bits per heavy atom. The number of esters is 1. The lowest BCUT2D eigenvalue weighted by molar-refractivity contribution is -0.282. The monoisotopic (exact) mass is 558 g/mol. The standard InChI is InChI=1S/C31H46N2O7/c1-15-12-19(34)25-20(37-15)14-21-26(27(25)35)24-17-5-7-18(8-6-17)31(29(36)38-28(24)30(2,3)39-21)22(40-31)9-4-16-10-11-33-23(32)13-16/h5,7,15-18,20-28,33,35H,4,6,8-14,32H2,1-3H3/t15?,16?,17-,18-,20?,21?,22-,23?,24+,25?,26?,27?,28-,31-/m1/s1. The lowest BCUT2D eigenvalue weighted by Crippen LogP contribution is -2.67. The molecule has 0 aromatic carbocycles. The Balaban J connectivity index is 1.15. The predicted octanol–water partition coefficient (Wildman–Crippen LogP) is 2.23. The van der Waals surface area contributed by atoms with Gasteiger partial charge in [-0.3, -0.25) is 4.79 Å². The number of rotatable bonds is 3. The number of hydrogen-bond donors (Lipinski definition) is 3. The number of aliphatic hydroxyl groups excluding tert-OH is 1. The molecular weight excluding hydrogens is 512 g/mol. The Bertz CT molecular complexity index is 1060. The van der Waals surface area contributed by atoms with Crippen molar-refractivity contribution in [3.05, 3.63) is 12.2 Å². The maximum atomic E-state index is 14.1. The number of fused-ring (bicyclic) bond motifs is 4. The van der Waals surface area contributed by atoms with Crippen molar-refractivity contribution in [2.24, 2.45) is 41.2 Å². The maximum absolute atomic E-state index is 14.1. The first kappa shape index (κ1) is 27.5. The Kier molecular flexibility index (Phi) is 6.76. The molecule has 0 aromatic rings. The normalized spacial score (nSPS) is 53.0. The van der Waals surface area contributed by atoms with E-state index in [9.17, 15) is 14.7 Å². The molecule has 8 unspecified atom stereocenters. The molecule has 0 amide bonds. The van der Waals surface area contributed by atoms with Crippen LogP contribution in [0.4, 0.5) is 0 Å². The zero-order valence-electron chi connectivity index (χ0n) is 24.0. The van der Waals surface area contributed by atoms with E-state index in [4.69, 9.17) is 24.7 Å². The number of epoxide rings is 1. The molecule has 0 radical (unpaired) electrons. The highest BCUT2D eigenvalue weighted by molar-refractivity contribution is 5.85. The molecule has 1 saturated carbocycles. The van der Waals surface area contributed by atoms with E-state index in [0.717, 1.165) is 45.1 Å². The van der Waals surface area contributed by atoms with Crippen LogP contribution in [-0.4, -0.2) is 77.4 Å². The van der Waals surface area contributed by atoms with E-state index in [1.165, 1.54) is 0 Å². The molecule has 6 aliphatic heterocycles. The first-order chi connectivity index (χ1) is 19.1. The molecule has 2 bridgehead atoms. The van der Waals surface area contributed by atoms with Crippen LogP contribution in [0.25, 0.3) is 0 Å². The zero-order chi connectivity index (χ0) is 28.0. The van der Waals surface area contributed by atoms with E-state index in [1.54, 1.807) is 0 Å². The molecule has 222 valence electrons. The van der Waals surface area contributed by atoms with Crippen molar-refractivity contribution in [2.75, 3.05) is 6.54 Å². The van der Waals surface area contributed by atoms with Gasteiger partial charge in [0, 0.05) is 30.6 Å². The molecule has 5 saturated heterocycles. The number of ether oxygens (including phenoxy) is 4. The second kappa shape index (κ2) is 9.85. The summed E-state index contributed by atoms with van der Waals surface area (Å²) in [6, 6.07) is 0. The van der Waals surface area contributed by atoms with E-state index < -0.39 is 29.3 Å². The third-order valence-corrected chi connectivity index (χ3v) is 11.4. The van der Waals surface area contributed by atoms with Crippen molar-refractivity contribution in [1.29, 1.82) is 0 Å². The highest BCUT2D eigenvalue weighted by Gasteiger charge is 2.70. The minimum Gasteiger partial charge on any atom is -0.457 e. The quantitative estimate of drug-likeness (QED) is 0.271. The molecule has 6 heterocycles. The number of piperidine rings is 1. The Morgan fingerprint density at radius 2 is 1.88 bits per heavy atom. The molecule has 40 heavy (non-hydrogen) atoms. The molecule has 0 aromatic heterocycles. The van der Waals surface area contributed by atoms with Gasteiger partial charge in [0.2, 0.25) is 0 Å². The first-order valence-electron chi connectivity index (χ1n) is 15.7. The first-order valence-corrected chi connectivity index (χ1v) is 15.7. The third-order valence-electron chi connectivity index (χ3n) is 11.4. The van der Waals surface area contributed by atoms with Crippen molar-refractivity contribution >= 4 is 11.8 Å². The van der Waals surface area contributed by atoms with Crippen LogP contribution in [0, 0.1) is 35.5 Å². The average molecular weight is 559 g/mol. The summed E-state index contributed by atoms with van der Waals surface area (Å²) in [4.78, 5) is 27.2. The number of allylic oxidation sites excluding steroid dienone is 1. The highest BCUT2D eigenvalue weighted by atomic mass is 16.7. The minimum atomic E-state index is -0.947. The lowest BCUT2D eigenvalue weighted by Gasteiger charge is -2.58. The van der Waals surface area contributed by atoms with Gasteiger partial charge in [0.25, 0.3) is 0 Å². The number of carbonyl (C=O) groups is 2. The summed E-state index contributed by atoms with van der Waals surface area (Å²) in [5.41, 5.74) is 4.42. The Labute approximate surface area is 236 Å². The lowest BCUT2D eigenvalue weighted by atomic mass is 9.58. The van der Waals surface area contributed by atoms with Gasteiger partial charge in [-0.2, -0.15) is 0 Å². The van der Waals surface area contributed by atoms with Crippen LogP contribution < -0.4 is 11.1 Å². The van der Waals surface area contributed by atoms with Crippen LogP contribution in [0.2, 0.25) is 0 Å². The van der Waals surface area contributed by atoms with Gasteiger partial charge in [-0.1, -0.05) is 12.2 Å². The smallest absolute Gasteiger partial charge is 0.342 e. The second-order valence-electron chi connectivity index (χ2n) is 14.3. The number of ketones is 1. The van der Waals surface area contributed by atoms with Gasteiger partial charge < -0.3 is 35.1 Å². The number of carbonyl (C=O) groups excluding carboxylic acids is 2. The molecular formula is C31H46N2O7. The van der Waals surface area contributed by atoms with Crippen molar-refractivity contribution in [2.45, 2.75) is 126 Å². The van der Waals surface area contributed by atoms with Crippen LogP contribution in [0.1, 0.15) is 72.1 Å². The molecule has 9 heteroatoms. The van der Waals surface area contributed by atoms with E-state index in [2.05, 4.69) is 17.5 Å². The van der Waals surface area contributed by atoms with Crippen LogP contribution in [0.15, 0.2) is 12.2 Å². The van der Waals surface area contributed by atoms with Crippen LogP contribution in [0.5, 0.6) is 0 Å². The zero-order valence-corrected chi connectivity index (χ0v) is 24.0. The second-order valence-corrected chi connectivity index (χ2v) is 14.3. The van der Waals surface area contributed by atoms with Crippen molar-refractivity contribution in [1.82, 2.24) is 5.32 Å². The molecule has 6 fully saturated rings. The number of nitrogens with two attached hydrogens (primary N) is 1. The van der Waals surface area contributed by atoms with Crippen LogP contribution in [0.3, 0.4) is 0 Å². The number of hydrogen-bond acceptors (Lipinski definition) is 9. The van der Waals surface area contributed by atoms with Gasteiger partial charge in [0.05, 0.1) is 42.6 Å². The average Bonchev–Trinajstić information content (AvgIpc) is 3.61.